The topological polar surface area (TPSA) is 96.9 Å². The van der Waals surface area contributed by atoms with Gasteiger partial charge in [0.05, 0.1) is 41.8 Å². The lowest BCUT2D eigenvalue weighted by Gasteiger charge is -2.33. The Balaban J connectivity index is 1.20. The van der Waals surface area contributed by atoms with E-state index in [1.54, 1.807) is 34.2 Å². The number of ether oxygens (including phenoxy) is 2. The SMILES string of the molecule is O=C(c1cc2c(c(C3CC3)n1)CN(c1cc3c(cc1Cl)CCC(c1ncccc1F)O3)C(=O)N2)N1CCOCC1. The number of morpholine rings is 1. The van der Waals surface area contributed by atoms with E-state index in [1.165, 1.54) is 6.07 Å². The summed E-state index contributed by atoms with van der Waals surface area (Å²) < 4.78 is 26.0. The second kappa shape index (κ2) is 10.0. The van der Waals surface area contributed by atoms with E-state index >= 15 is 0 Å². The average Bonchev–Trinajstić information content (AvgIpc) is 3.82. The molecule has 1 aromatic carbocycles. The first-order valence-electron chi connectivity index (χ1n) is 13.5. The Bertz CT molecular complexity index is 1520. The number of nitrogens with one attached hydrogen (secondary N) is 1. The van der Waals surface area contributed by atoms with E-state index in [1.807, 2.05) is 6.07 Å². The van der Waals surface area contributed by atoms with Gasteiger partial charge in [-0.25, -0.2) is 14.2 Å². The molecular formula is C29H27ClFN5O4. The summed E-state index contributed by atoms with van der Waals surface area (Å²) in [6.45, 7) is 2.29. The number of aromatic nitrogens is 2. The second-order valence-electron chi connectivity index (χ2n) is 10.5. The van der Waals surface area contributed by atoms with Crippen molar-refractivity contribution in [3.63, 3.8) is 0 Å². The standard InChI is InChI=1S/C29H27ClFN5O4/c30-19-12-17-5-6-24(27-20(31)2-1-7-32-27)40-25(17)14-23(19)36-15-18-21(34-29(36)38)13-22(33-26(18)16-3-4-16)28(37)35-8-10-39-11-9-35/h1-2,7,12-14,16,24H,3-6,8-11,15H2,(H,34,38). The molecule has 3 aromatic rings. The van der Waals surface area contributed by atoms with Gasteiger partial charge in [0.15, 0.2) is 0 Å². The van der Waals surface area contributed by atoms with E-state index in [0.29, 0.717) is 67.0 Å². The van der Waals surface area contributed by atoms with Crippen LogP contribution in [-0.4, -0.2) is 53.1 Å². The van der Waals surface area contributed by atoms with Crippen LogP contribution in [0.15, 0.2) is 36.5 Å². The van der Waals surface area contributed by atoms with Gasteiger partial charge in [-0.2, -0.15) is 0 Å². The smallest absolute Gasteiger partial charge is 0.326 e. The Hall–Kier alpha value is -3.76. The third-order valence-electron chi connectivity index (χ3n) is 7.90. The van der Waals surface area contributed by atoms with Crippen LogP contribution < -0.4 is 15.0 Å². The highest BCUT2D eigenvalue weighted by Crippen LogP contribution is 2.46. The number of hydrogen-bond acceptors (Lipinski definition) is 6. The molecule has 2 aromatic heterocycles. The van der Waals surface area contributed by atoms with Crippen molar-refractivity contribution in [2.24, 2.45) is 0 Å². The number of anilines is 2. The summed E-state index contributed by atoms with van der Waals surface area (Å²) in [7, 11) is 0. The number of aryl methyl sites for hydroxylation is 1. The van der Waals surface area contributed by atoms with Gasteiger partial charge >= 0.3 is 6.03 Å². The number of nitrogens with zero attached hydrogens (tertiary/aromatic N) is 4. The van der Waals surface area contributed by atoms with Crippen molar-refractivity contribution in [1.29, 1.82) is 0 Å². The fourth-order valence-corrected chi connectivity index (χ4v) is 5.92. The first-order valence-corrected chi connectivity index (χ1v) is 13.9. The molecule has 3 aliphatic heterocycles. The number of carbonyl (C=O) groups is 2. The van der Waals surface area contributed by atoms with Crippen molar-refractivity contribution in [2.75, 3.05) is 36.5 Å². The third kappa shape index (κ3) is 4.54. The van der Waals surface area contributed by atoms with Crippen LogP contribution in [0.4, 0.5) is 20.6 Å². The molecule has 2 fully saturated rings. The van der Waals surface area contributed by atoms with E-state index in [-0.39, 0.29) is 30.1 Å². The molecule has 3 amide bonds. The van der Waals surface area contributed by atoms with Crippen molar-refractivity contribution in [2.45, 2.75) is 44.2 Å². The maximum atomic E-state index is 14.4. The molecule has 1 unspecified atom stereocenters. The van der Waals surface area contributed by atoms with Crippen molar-refractivity contribution in [1.82, 2.24) is 14.9 Å². The minimum atomic E-state index is -0.535. The van der Waals surface area contributed by atoms with Crippen LogP contribution >= 0.6 is 11.6 Å². The van der Waals surface area contributed by atoms with Crippen molar-refractivity contribution in [3.05, 3.63) is 75.6 Å². The molecule has 1 atom stereocenters. The lowest BCUT2D eigenvalue weighted by atomic mass is 9.98. The predicted octanol–water partition coefficient (Wildman–Crippen LogP) is 5.24. The first-order chi connectivity index (χ1) is 19.5. The summed E-state index contributed by atoms with van der Waals surface area (Å²) in [5, 5.41) is 3.39. The number of halogens is 2. The Morgan fingerprint density at radius 1 is 1.12 bits per heavy atom. The van der Waals surface area contributed by atoms with Gasteiger partial charge in [0.1, 0.15) is 29.1 Å². The van der Waals surface area contributed by atoms with Gasteiger partial charge in [-0.05, 0) is 55.5 Å². The maximum absolute atomic E-state index is 14.4. The highest BCUT2D eigenvalue weighted by atomic mass is 35.5. The quantitative estimate of drug-likeness (QED) is 0.466. The lowest BCUT2D eigenvalue weighted by molar-refractivity contribution is 0.0299. The predicted molar refractivity (Wildman–Crippen MR) is 145 cm³/mol. The molecule has 1 saturated heterocycles. The summed E-state index contributed by atoms with van der Waals surface area (Å²) in [5.41, 5.74) is 4.30. The lowest BCUT2D eigenvalue weighted by Crippen LogP contribution is -2.42. The molecule has 7 rings (SSSR count). The minimum Gasteiger partial charge on any atom is -0.484 e. The molecule has 40 heavy (non-hydrogen) atoms. The number of pyridine rings is 2. The average molecular weight is 564 g/mol. The van der Waals surface area contributed by atoms with Gasteiger partial charge in [0.25, 0.3) is 5.91 Å². The number of urea groups is 1. The molecule has 1 N–H and O–H groups in total. The van der Waals surface area contributed by atoms with E-state index < -0.39 is 11.9 Å². The molecular weight excluding hydrogens is 537 g/mol. The molecule has 0 spiro atoms. The van der Waals surface area contributed by atoms with Crippen molar-refractivity contribution < 1.29 is 23.5 Å². The summed E-state index contributed by atoms with van der Waals surface area (Å²) in [6, 6.07) is 7.79. The maximum Gasteiger partial charge on any atom is 0.326 e. The van der Waals surface area contributed by atoms with Crippen molar-refractivity contribution in [3.8, 4) is 5.75 Å². The Labute approximate surface area is 235 Å². The number of amides is 3. The Morgan fingerprint density at radius 2 is 1.95 bits per heavy atom. The Kier molecular flexibility index (Phi) is 6.31. The number of benzene rings is 1. The zero-order valence-electron chi connectivity index (χ0n) is 21.7. The molecule has 0 radical (unpaired) electrons. The van der Waals surface area contributed by atoms with Crippen LogP contribution in [0.5, 0.6) is 5.75 Å². The molecule has 1 saturated carbocycles. The molecule has 5 heterocycles. The van der Waals surface area contributed by atoms with Crippen LogP contribution in [0.1, 0.15) is 64.3 Å². The molecule has 206 valence electrons. The fourth-order valence-electron chi connectivity index (χ4n) is 5.63. The monoisotopic (exact) mass is 563 g/mol. The van der Waals surface area contributed by atoms with Gasteiger partial charge < -0.3 is 19.7 Å². The number of hydrogen-bond donors (Lipinski definition) is 1. The summed E-state index contributed by atoms with van der Waals surface area (Å²) in [5.74, 6) is 0.230. The van der Waals surface area contributed by atoms with E-state index in [9.17, 15) is 14.0 Å². The number of fused-ring (bicyclic) bond motifs is 2. The normalized spacial score (nSPS) is 20.4. The van der Waals surface area contributed by atoms with Crippen molar-refractivity contribution >= 4 is 34.9 Å². The largest absolute Gasteiger partial charge is 0.484 e. The molecule has 9 nitrogen and oxygen atoms in total. The van der Waals surface area contributed by atoms with Gasteiger partial charge in [0, 0.05) is 36.8 Å². The van der Waals surface area contributed by atoms with Crippen LogP contribution in [0, 0.1) is 5.82 Å². The van der Waals surface area contributed by atoms with Gasteiger partial charge in [-0.1, -0.05) is 11.6 Å². The van der Waals surface area contributed by atoms with Gasteiger partial charge in [-0.15, -0.1) is 0 Å². The summed E-state index contributed by atoms with van der Waals surface area (Å²) in [6.07, 6.45) is 4.19. The van der Waals surface area contributed by atoms with Crippen LogP contribution in [0.2, 0.25) is 5.02 Å². The van der Waals surface area contributed by atoms with Gasteiger partial charge in [0.2, 0.25) is 0 Å². The summed E-state index contributed by atoms with van der Waals surface area (Å²) in [4.78, 5) is 38.9. The Morgan fingerprint density at radius 3 is 2.73 bits per heavy atom. The number of rotatable bonds is 4. The van der Waals surface area contributed by atoms with Gasteiger partial charge in [-0.3, -0.25) is 14.7 Å². The highest BCUT2D eigenvalue weighted by Gasteiger charge is 2.36. The van der Waals surface area contributed by atoms with Crippen LogP contribution in [0.25, 0.3) is 0 Å². The third-order valence-corrected chi connectivity index (χ3v) is 8.20. The highest BCUT2D eigenvalue weighted by molar-refractivity contribution is 6.34. The minimum absolute atomic E-state index is 0.154. The molecule has 11 heteroatoms. The van der Waals surface area contributed by atoms with E-state index in [0.717, 1.165) is 29.7 Å². The van der Waals surface area contributed by atoms with Crippen LogP contribution in [0.3, 0.4) is 0 Å². The summed E-state index contributed by atoms with van der Waals surface area (Å²) >= 11 is 6.71. The number of carbonyl (C=O) groups excluding carboxylic acids is 2. The molecule has 1 aliphatic carbocycles. The van der Waals surface area contributed by atoms with Crippen LogP contribution in [-0.2, 0) is 17.7 Å². The first kappa shape index (κ1) is 25.2. The van der Waals surface area contributed by atoms with E-state index in [2.05, 4.69) is 10.3 Å². The van der Waals surface area contributed by atoms with E-state index in [4.69, 9.17) is 26.1 Å². The molecule has 0 bridgehead atoms. The molecule has 4 aliphatic rings. The zero-order valence-corrected chi connectivity index (χ0v) is 22.4. The zero-order chi connectivity index (χ0) is 27.4. The fraction of sp³-hybridized carbons (Fsp3) is 0.379. The second-order valence-corrected chi connectivity index (χ2v) is 10.9.